The van der Waals surface area contributed by atoms with Gasteiger partial charge in [-0.15, -0.1) is 0 Å². The Hall–Kier alpha value is -0.300. The lowest BCUT2D eigenvalue weighted by Crippen LogP contribution is -2.18. The average Bonchev–Trinajstić information content (AvgIpc) is 1.85. The zero-order chi connectivity index (χ0) is 9.07. The van der Waals surface area contributed by atoms with Gasteiger partial charge in [0.1, 0.15) is 0 Å². The summed E-state index contributed by atoms with van der Waals surface area (Å²) < 4.78 is 0. The summed E-state index contributed by atoms with van der Waals surface area (Å²) in [6, 6.07) is 0.231. The van der Waals surface area contributed by atoms with Gasteiger partial charge in [0, 0.05) is 6.04 Å². The predicted molar refractivity (Wildman–Crippen MR) is 51.5 cm³/mol. The minimum Gasteiger partial charge on any atom is -0.324 e. The summed E-state index contributed by atoms with van der Waals surface area (Å²) in [5.41, 5.74) is 7.45. The fourth-order valence-electron chi connectivity index (χ4n) is 0.689. The maximum absolute atomic E-state index is 5.79. The van der Waals surface area contributed by atoms with E-state index in [-0.39, 0.29) is 11.5 Å². The Kier molecular flexibility index (Phi) is 3.81. The zero-order valence-corrected chi connectivity index (χ0v) is 8.44. The molecule has 0 aliphatic heterocycles. The van der Waals surface area contributed by atoms with Crippen molar-refractivity contribution >= 4 is 0 Å². The van der Waals surface area contributed by atoms with Crippen LogP contribution in [0.15, 0.2) is 11.6 Å². The Morgan fingerprint density at radius 3 is 2.18 bits per heavy atom. The largest absolute Gasteiger partial charge is 0.324 e. The Bertz CT molecular complexity index is 139. The van der Waals surface area contributed by atoms with Crippen molar-refractivity contribution in [2.24, 2.45) is 11.1 Å². The lowest BCUT2D eigenvalue weighted by molar-refractivity contribution is 0.498. The molecule has 1 unspecified atom stereocenters. The molecule has 0 aromatic carbocycles. The van der Waals surface area contributed by atoms with Crippen molar-refractivity contribution in [2.75, 3.05) is 0 Å². The monoisotopic (exact) mass is 155 g/mol. The van der Waals surface area contributed by atoms with Crippen LogP contribution in [-0.4, -0.2) is 6.04 Å². The molecule has 0 amide bonds. The van der Waals surface area contributed by atoms with E-state index in [1.165, 1.54) is 5.57 Å². The van der Waals surface area contributed by atoms with Gasteiger partial charge in [-0.1, -0.05) is 39.3 Å². The van der Waals surface area contributed by atoms with E-state index < -0.39 is 0 Å². The summed E-state index contributed by atoms with van der Waals surface area (Å²) in [5.74, 6) is 0. The van der Waals surface area contributed by atoms with Gasteiger partial charge in [0.25, 0.3) is 0 Å². The van der Waals surface area contributed by atoms with E-state index in [1.807, 2.05) is 0 Å². The lowest BCUT2D eigenvalue weighted by Gasteiger charge is -2.20. The van der Waals surface area contributed by atoms with E-state index in [4.69, 9.17) is 5.73 Å². The zero-order valence-electron chi connectivity index (χ0n) is 8.44. The molecule has 0 aliphatic rings. The molecule has 1 atom stereocenters. The second-order valence-electron chi connectivity index (χ2n) is 4.17. The maximum Gasteiger partial charge on any atom is 0.0223 e. The highest BCUT2D eigenvalue weighted by atomic mass is 14.6. The summed E-state index contributed by atoms with van der Waals surface area (Å²) in [4.78, 5) is 0. The second-order valence-corrected chi connectivity index (χ2v) is 4.17. The minimum atomic E-state index is 0.231. The number of hydrogen-bond acceptors (Lipinski definition) is 1. The minimum absolute atomic E-state index is 0.231. The number of nitrogens with two attached hydrogens (primary N) is 1. The van der Waals surface area contributed by atoms with Gasteiger partial charge < -0.3 is 5.73 Å². The lowest BCUT2D eigenvalue weighted by atomic mass is 9.86. The predicted octanol–water partition coefficient (Wildman–Crippen LogP) is 2.72. The van der Waals surface area contributed by atoms with Crippen LogP contribution in [0.2, 0.25) is 0 Å². The van der Waals surface area contributed by atoms with E-state index >= 15 is 0 Å². The van der Waals surface area contributed by atoms with Crippen molar-refractivity contribution in [3.05, 3.63) is 11.6 Å². The van der Waals surface area contributed by atoms with Crippen molar-refractivity contribution in [3.63, 3.8) is 0 Å². The van der Waals surface area contributed by atoms with E-state index in [0.717, 1.165) is 6.42 Å². The Labute approximate surface area is 70.7 Å². The molecule has 0 aliphatic carbocycles. The van der Waals surface area contributed by atoms with Crippen LogP contribution in [0.3, 0.4) is 0 Å². The van der Waals surface area contributed by atoms with E-state index in [9.17, 15) is 0 Å². The van der Waals surface area contributed by atoms with E-state index in [0.29, 0.717) is 0 Å². The summed E-state index contributed by atoms with van der Waals surface area (Å²) in [5, 5.41) is 0. The standard InChI is InChI=1S/C10H21N/c1-6-9(11)7-8(2)10(3,4)5/h7,9H,6,11H2,1-5H3/b8-7+. The Morgan fingerprint density at radius 1 is 1.45 bits per heavy atom. The number of allylic oxidation sites excluding steroid dienone is 1. The van der Waals surface area contributed by atoms with Crippen LogP contribution in [0.5, 0.6) is 0 Å². The topological polar surface area (TPSA) is 26.0 Å². The van der Waals surface area contributed by atoms with E-state index in [2.05, 4.69) is 40.7 Å². The van der Waals surface area contributed by atoms with Crippen molar-refractivity contribution in [1.29, 1.82) is 0 Å². The Balaban J connectivity index is 4.22. The van der Waals surface area contributed by atoms with Gasteiger partial charge in [0.2, 0.25) is 0 Å². The molecule has 0 saturated carbocycles. The second kappa shape index (κ2) is 3.91. The highest BCUT2D eigenvalue weighted by Gasteiger charge is 2.12. The molecule has 0 aromatic heterocycles. The molecular weight excluding hydrogens is 134 g/mol. The summed E-state index contributed by atoms with van der Waals surface area (Å²) in [7, 11) is 0. The summed E-state index contributed by atoms with van der Waals surface area (Å²) in [6.45, 7) is 10.9. The van der Waals surface area contributed by atoms with Crippen LogP contribution in [0, 0.1) is 5.41 Å². The quantitative estimate of drug-likeness (QED) is 0.610. The van der Waals surface area contributed by atoms with Crippen LogP contribution in [0.1, 0.15) is 41.0 Å². The van der Waals surface area contributed by atoms with Crippen LogP contribution in [0.4, 0.5) is 0 Å². The molecule has 11 heavy (non-hydrogen) atoms. The summed E-state index contributed by atoms with van der Waals surface area (Å²) in [6.07, 6.45) is 3.19. The number of rotatable bonds is 2. The van der Waals surface area contributed by atoms with Gasteiger partial charge in [0.05, 0.1) is 0 Å². The molecule has 0 fully saturated rings. The van der Waals surface area contributed by atoms with Gasteiger partial charge in [-0.2, -0.15) is 0 Å². The smallest absolute Gasteiger partial charge is 0.0223 e. The molecule has 66 valence electrons. The Morgan fingerprint density at radius 2 is 1.91 bits per heavy atom. The van der Waals surface area contributed by atoms with Crippen molar-refractivity contribution in [1.82, 2.24) is 0 Å². The average molecular weight is 155 g/mol. The van der Waals surface area contributed by atoms with Crippen LogP contribution >= 0.6 is 0 Å². The SMILES string of the molecule is CCC(N)/C=C(\C)C(C)(C)C. The normalized spacial score (nSPS) is 16.7. The maximum atomic E-state index is 5.79. The van der Waals surface area contributed by atoms with Gasteiger partial charge in [-0.3, -0.25) is 0 Å². The van der Waals surface area contributed by atoms with Gasteiger partial charge in [-0.25, -0.2) is 0 Å². The van der Waals surface area contributed by atoms with Crippen LogP contribution in [-0.2, 0) is 0 Å². The highest BCUT2D eigenvalue weighted by molar-refractivity contribution is 5.10. The van der Waals surface area contributed by atoms with Crippen LogP contribution < -0.4 is 5.73 Å². The highest BCUT2D eigenvalue weighted by Crippen LogP contribution is 2.24. The van der Waals surface area contributed by atoms with Gasteiger partial charge in [-0.05, 0) is 18.8 Å². The molecule has 2 N–H and O–H groups in total. The molecule has 0 spiro atoms. The molecule has 1 nitrogen and oxygen atoms in total. The fraction of sp³-hybridized carbons (Fsp3) is 0.800. The first-order valence-electron chi connectivity index (χ1n) is 4.32. The van der Waals surface area contributed by atoms with E-state index in [1.54, 1.807) is 0 Å². The van der Waals surface area contributed by atoms with Gasteiger partial charge >= 0.3 is 0 Å². The number of hydrogen-bond donors (Lipinski definition) is 1. The van der Waals surface area contributed by atoms with Crippen molar-refractivity contribution in [2.45, 2.75) is 47.1 Å². The third kappa shape index (κ3) is 4.20. The first-order valence-corrected chi connectivity index (χ1v) is 4.32. The van der Waals surface area contributed by atoms with Crippen molar-refractivity contribution in [3.8, 4) is 0 Å². The summed E-state index contributed by atoms with van der Waals surface area (Å²) >= 11 is 0. The molecule has 0 bridgehead atoms. The first kappa shape index (κ1) is 10.7. The third-order valence-corrected chi connectivity index (χ3v) is 2.12. The third-order valence-electron chi connectivity index (χ3n) is 2.12. The molecule has 1 heteroatoms. The molecule has 0 rings (SSSR count). The molecule has 0 heterocycles. The molecule has 0 saturated heterocycles. The van der Waals surface area contributed by atoms with Gasteiger partial charge in [0.15, 0.2) is 0 Å². The van der Waals surface area contributed by atoms with Crippen LogP contribution in [0.25, 0.3) is 0 Å². The van der Waals surface area contributed by atoms with Crippen molar-refractivity contribution < 1.29 is 0 Å². The molecule has 0 radical (unpaired) electrons. The fourth-order valence-corrected chi connectivity index (χ4v) is 0.689. The molecular formula is C10H21N. The first-order chi connectivity index (χ1) is 4.88. The molecule has 0 aromatic rings.